The highest BCUT2D eigenvalue weighted by Gasteiger charge is 2.26. The molecular weight excluding hydrogens is 328 g/mol. The van der Waals surface area contributed by atoms with Gasteiger partial charge in [0.25, 0.3) is 0 Å². The van der Waals surface area contributed by atoms with Crippen molar-refractivity contribution in [3.8, 4) is 11.4 Å². The summed E-state index contributed by atoms with van der Waals surface area (Å²) in [5, 5.41) is 0.849. The summed E-state index contributed by atoms with van der Waals surface area (Å²) in [5.74, 6) is 1.34. The van der Waals surface area contributed by atoms with E-state index in [1.807, 2.05) is 40.0 Å². The quantitative estimate of drug-likeness (QED) is 0.895. The molecule has 0 spiro atoms. The van der Waals surface area contributed by atoms with E-state index in [4.69, 9.17) is 0 Å². The Hall–Kier alpha value is -1.18. The molecule has 1 aliphatic rings. The molecule has 0 bridgehead atoms. The molecule has 2 aromatic rings. The third kappa shape index (κ3) is 4.02. The van der Waals surface area contributed by atoms with E-state index in [-0.39, 0.29) is 10.8 Å². The van der Waals surface area contributed by atoms with Crippen LogP contribution in [0.1, 0.15) is 63.2 Å². The van der Waals surface area contributed by atoms with Gasteiger partial charge in [0.05, 0.1) is 21.8 Å². The second kappa shape index (κ2) is 6.37. The van der Waals surface area contributed by atoms with E-state index in [9.17, 15) is 4.21 Å². The Morgan fingerprint density at radius 2 is 2.13 bits per heavy atom. The Morgan fingerprint density at radius 1 is 1.39 bits per heavy atom. The van der Waals surface area contributed by atoms with Gasteiger partial charge in [-0.25, -0.2) is 13.9 Å². The van der Waals surface area contributed by atoms with Gasteiger partial charge < -0.3 is 0 Å². The molecule has 1 N–H and O–H groups in total. The van der Waals surface area contributed by atoms with E-state index < -0.39 is 11.0 Å². The van der Waals surface area contributed by atoms with E-state index in [0.717, 1.165) is 22.1 Å². The molecule has 0 saturated heterocycles. The minimum absolute atomic E-state index is 0.0916. The van der Waals surface area contributed by atoms with Crippen LogP contribution in [0.25, 0.3) is 11.4 Å². The fraction of sp³-hybridized carbons (Fsp3) is 0.562. The third-order valence-electron chi connectivity index (χ3n) is 3.69. The van der Waals surface area contributed by atoms with E-state index in [1.54, 1.807) is 0 Å². The van der Waals surface area contributed by atoms with E-state index >= 15 is 0 Å². The second-order valence-electron chi connectivity index (χ2n) is 6.92. The van der Waals surface area contributed by atoms with E-state index in [2.05, 4.69) is 25.1 Å². The zero-order valence-electron chi connectivity index (χ0n) is 13.9. The fourth-order valence-corrected chi connectivity index (χ4v) is 3.64. The first-order chi connectivity index (χ1) is 10.8. The maximum absolute atomic E-state index is 12.2. The maximum Gasteiger partial charge on any atom is 0.173 e. The van der Waals surface area contributed by atoms with Crippen molar-refractivity contribution < 1.29 is 4.21 Å². The average molecular weight is 351 g/mol. The highest BCUT2D eigenvalue weighted by molar-refractivity contribution is 7.84. The molecule has 23 heavy (non-hydrogen) atoms. The SMILES string of the molecule is C[C@H](NS(=O)C(C)(C)C)c1nc(-c2ccnc(C3CC3)c2)ns1. The van der Waals surface area contributed by atoms with E-state index in [0.29, 0.717) is 5.92 Å². The standard InChI is InChI=1S/C16H22N4OS2/c1-10(20-23(21)16(2,3)4)15-18-14(19-22-15)12-7-8-17-13(9-12)11-5-6-11/h7-11,20H,5-6H2,1-4H3/t10-,23?/m0/s1. The van der Waals surface area contributed by atoms with Crippen LogP contribution < -0.4 is 4.72 Å². The van der Waals surface area contributed by atoms with Crippen LogP contribution in [0.3, 0.4) is 0 Å². The summed E-state index contributed by atoms with van der Waals surface area (Å²) in [5.41, 5.74) is 2.15. The van der Waals surface area contributed by atoms with Crippen LogP contribution in [-0.2, 0) is 11.0 Å². The fourth-order valence-electron chi connectivity index (χ4n) is 2.11. The van der Waals surface area contributed by atoms with Crippen molar-refractivity contribution in [2.24, 2.45) is 0 Å². The zero-order valence-corrected chi connectivity index (χ0v) is 15.5. The van der Waals surface area contributed by atoms with Gasteiger partial charge in [0.1, 0.15) is 5.01 Å². The summed E-state index contributed by atoms with van der Waals surface area (Å²) >= 11 is 1.36. The van der Waals surface area contributed by atoms with Crippen LogP contribution in [0.5, 0.6) is 0 Å². The first kappa shape index (κ1) is 16.7. The number of pyridine rings is 1. The van der Waals surface area contributed by atoms with Crippen molar-refractivity contribution in [2.75, 3.05) is 0 Å². The monoisotopic (exact) mass is 350 g/mol. The Morgan fingerprint density at radius 3 is 2.78 bits per heavy atom. The molecule has 7 heteroatoms. The van der Waals surface area contributed by atoms with Crippen LogP contribution >= 0.6 is 11.5 Å². The molecule has 2 heterocycles. The average Bonchev–Trinajstić information content (AvgIpc) is 3.23. The lowest BCUT2D eigenvalue weighted by atomic mass is 10.2. The van der Waals surface area contributed by atoms with Gasteiger partial charge in [0.15, 0.2) is 5.82 Å². The van der Waals surface area contributed by atoms with Crippen molar-refractivity contribution in [3.63, 3.8) is 0 Å². The van der Waals surface area contributed by atoms with Crippen LogP contribution in [0.15, 0.2) is 18.3 Å². The number of hydrogen-bond donors (Lipinski definition) is 1. The van der Waals surface area contributed by atoms with Gasteiger partial charge >= 0.3 is 0 Å². The van der Waals surface area contributed by atoms with Crippen molar-refractivity contribution in [3.05, 3.63) is 29.0 Å². The molecule has 0 radical (unpaired) electrons. The molecule has 124 valence electrons. The van der Waals surface area contributed by atoms with Crippen LogP contribution in [0.4, 0.5) is 0 Å². The molecule has 1 fully saturated rings. The predicted octanol–water partition coefficient (Wildman–Crippen LogP) is 3.59. The van der Waals surface area contributed by atoms with Crippen molar-refractivity contribution in [1.82, 2.24) is 19.1 Å². The molecular formula is C16H22N4OS2. The molecule has 0 amide bonds. The van der Waals surface area contributed by atoms with Crippen molar-refractivity contribution in [2.45, 2.75) is 57.2 Å². The Balaban J connectivity index is 1.75. The highest BCUT2D eigenvalue weighted by atomic mass is 32.2. The summed E-state index contributed by atoms with van der Waals surface area (Å²) in [7, 11) is -1.13. The molecule has 0 aliphatic heterocycles. The Bertz CT molecular complexity index is 719. The molecule has 0 aromatic carbocycles. The first-order valence-corrected chi connectivity index (χ1v) is 9.75. The molecule has 1 saturated carbocycles. The number of hydrogen-bond acceptors (Lipinski definition) is 5. The Kier molecular flexibility index (Phi) is 4.62. The number of nitrogens with one attached hydrogen (secondary N) is 1. The van der Waals surface area contributed by atoms with Gasteiger partial charge in [-0.05, 0) is 64.2 Å². The minimum Gasteiger partial charge on any atom is -0.261 e. The summed E-state index contributed by atoms with van der Waals surface area (Å²) in [6, 6.07) is 3.95. The van der Waals surface area contributed by atoms with E-state index in [1.165, 1.54) is 24.4 Å². The molecule has 3 rings (SSSR count). The van der Waals surface area contributed by atoms with Gasteiger partial charge in [0.2, 0.25) is 0 Å². The van der Waals surface area contributed by atoms with Gasteiger partial charge in [-0.1, -0.05) is 0 Å². The molecule has 5 nitrogen and oxygen atoms in total. The zero-order chi connectivity index (χ0) is 16.6. The molecule has 2 atom stereocenters. The van der Waals surface area contributed by atoms with Crippen LogP contribution in [-0.4, -0.2) is 23.3 Å². The number of rotatable bonds is 5. The summed E-state index contributed by atoms with van der Waals surface area (Å²) in [6.07, 6.45) is 4.29. The maximum atomic E-state index is 12.2. The van der Waals surface area contributed by atoms with Crippen LogP contribution in [0.2, 0.25) is 0 Å². The van der Waals surface area contributed by atoms with Gasteiger partial charge in [-0.15, -0.1) is 0 Å². The largest absolute Gasteiger partial charge is 0.261 e. The van der Waals surface area contributed by atoms with Gasteiger partial charge in [-0.3, -0.25) is 4.98 Å². The lowest BCUT2D eigenvalue weighted by molar-refractivity contribution is 0.615. The third-order valence-corrected chi connectivity index (χ3v) is 6.26. The molecule has 2 aromatic heterocycles. The number of nitrogens with zero attached hydrogens (tertiary/aromatic N) is 3. The normalized spacial score (nSPS) is 17.9. The van der Waals surface area contributed by atoms with Crippen LogP contribution in [0, 0.1) is 0 Å². The lowest BCUT2D eigenvalue weighted by Gasteiger charge is -2.20. The minimum atomic E-state index is -1.13. The number of aromatic nitrogens is 3. The lowest BCUT2D eigenvalue weighted by Crippen LogP contribution is -2.34. The topological polar surface area (TPSA) is 67.8 Å². The van der Waals surface area contributed by atoms with Gasteiger partial charge in [-0.2, -0.15) is 4.37 Å². The predicted molar refractivity (Wildman–Crippen MR) is 94.6 cm³/mol. The summed E-state index contributed by atoms with van der Waals surface area (Å²) in [4.78, 5) is 9.05. The Labute approximate surface area is 143 Å². The smallest absolute Gasteiger partial charge is 0.173 e. The van der Waals surface area contributed by atoms with Crippen molar-refractivity contribution >= 4 is 22.5 Å². The highest BCUT2D eigenvalue weighted by Crippen LogP contribution is 2.39. The van der Waals surface area contributed by atoms with Gasteiger partial charge in [0, 0.05) is 23.4 Å². The van der Waals surface area contributed by atoms with Crippen molar-refractivity contribution in [1.29, 1.82) is 0 Å². The molecule has 1 aliphatic carbocycles. The second-order valence-corrected chi connectivity index (χ2v) is 9.70. The molecule has 1 unspecified atom stereocenters. The first-order valence-electron chi connectivity index (χ1n) is 7.82. The summed E-state index contributed by atoms with van der Waals surface area (Å²) in [6.45, 7) is 7.82. The summed E-state index contributed by atoms with van der Waals surface area (Å²) < 4.78 is 19.5.